The molecule has 1 atom stereocenters. The van der Waals surface area contributed by atoms with Gasteiger partial charge in [0, 0.05) is 24.0 Å². The summed E-state index contributed by atoms with van der Waals surface area (Å²) in [5, 5.41) is 0. The van der Waals surface area contributed by atoms with E-state index in [-0.39, 0.29) is 16.4 Å². The summed E-state index contributed by atoms with van der Waals surface area (Å²) < 4.78 is 0. The van der Waals surface area contributed by atoms with Crippen LogP contribution in [0.25, 0.3) is 0 Å². The van der Waals surface area contributed by atoms with Crippen LogP contribution in [0.5, 0.6) is 0 Å². The first-order chi connectivity index (χ1) is 9.55. The lowest BCUT2D eigenvalue weighted by atomic mass is 9.64. The molecule has 1 unspecified atom stereocenters. The first kappa shape index (κ1) is 16.3. The second-order valence-corrected chi connectivity index (χ2v) is 8.62. The maximum absolute atomic E-state index is 2.59. The van der Waals surface area contributed by atoms with Crippen molar-refractivity contribution in [2.24, 2.45) is 5.41 Å². The van der Waals surface area contributed by atoms with Crippen molar-refractivity contribution in [2.45, 2.75) is 59.4 Å². The Morgan fingerprint density at radius 2 is 1.52 bits per heavy atom. The smallest absolute Gasteiger partial charge is 0.0266 e. The van der Waals surface area contributed by atoms with E-state index < -0.39 is 0 Å². The van der Waals surface area contributed by atoms with E-state index in [0.29, 0.717) is 0 Å². The van der Waals surface area contributed by atoms with Gasteiger partial charge in [-0.05, 0) is 31.7 Å². The molecule has 0 aromatic heterocycles. The Morgan fingerprint density at radius 3 is 2.00 bits per heavy atom. The molecule has 0 N–H and O–H groups in total. The average Bonchev–Trinajstić information content (AvgIpc) is 2.37. The number of hydrogen-bond donors (Lipinski definition) is 0. The van der Waals surface area contributed by atoms with Gasteiger partial charge in [-0.15, -0.1) is 0 Å². The van der Waals surface area contributed by atoms with Crippen molar-refractivity contribution in [3.63, 3.8) is 0 Å². The van der Waals surface area contributed by atoms with Gasteiger partial charge in [-0.1, -0.05) is 69.7 Å². The van der Waals surface area contributed by atoms with E-state index in [1.807, 2.05) is 0 Å². The minimum absolute atomic E-state index is 0.0883. The molecule has 1 aliphatic heterocycles. The molecule has 0 saturated carbocycles. The Kier molecular flexibility index (Phi) is 4.10. The third kappa shape index (κ3) is 3.23. The lowest BCUT2D eigenvalue weighted by Crippen LogP contribution is -2.53. The van der Waals surface area contributed by atoms with E-state index in [0.717, 1.165) is 13.1 Å². The normalized spacial score (nSPS) is 24.8. The molecular weight excluding hydrogens is 254 g/mol. The van der Waals surface area contributed by atoms with Gasteiger partial charge >= 0.3 is 0 Å². The topological polar surface area (TPSA) is 3.24 Å². The lowest BCUT2D eigenvalue weighted by molar-refractivity contribution is 0.110. The molecule has 21 heavy (non-hydrogen) atoms. The second-order valence-electron chi connectivity index (χ2n) is 8.62. The Morgan fingerprint density at radius 1 is 0.952 bits per heavy atom. The minimum Gasteiger partial charge on any atom is -0.294 e. The summed E-state index contributed by atoms with van der Waals surface area (Å²) in [4.78, 5) is 2.59. The highest BCUT2D eigenvalue weighted by atomic mass is 15.2. The number of nitrogens with zero attached hydrogens (tertiary/aromatic N) is 1. The maximum Gasteiger partial charge on any atom is 0.0266 e. The largest absolute Gasteiger partial charge is 0.294 e. The zero-order valence-electron chi connectivity index (χ0n) is 14.8. The fourth-order valence-electron chi connectivity index (χ4n) is 3.66. The van der Waals surface area contributed by atoms with E-state index >= 15 is 0 Å². The van der Waals surface area contributed by atoms with Crippen molar-refractivity contribution in [3.05, 3.63) is 47.5 Å². The predicted octanol–water partition coefficient (Wildman–Crippen LogP) is 5.03. The summed E-state index contributed by atoms with van der Waals surface area (Å²) in [5.74, 6) is 0. The molecule has 2 rings (SSSR count). The standard InChI is InChI=1S/C20H31N/c1-18(2,3)17-13-14-21(19(4,5)6)15-20(17,7)16-11-9-8-10-12-16/h8-13H,14-15H2,1-7H3. The Bertz CT molecular complexity index is 513. The van der Waals surface area contributed by atoms with Gasteiger partial charge in [0.15, 0.2) is 0 Å². The van der Waals surface area contributed by atoms with Crippen LogP contribution in [0.4, 0.5) is 0 Å². The number of rotatable bonds is 1. The lowest BCUT2D eigenvalue weighted by Gasteiger charge is -2.50. The van der Waals surface area contributed by atoms with Crippen LogP contribution >= 0.6 is 0 Å². The maximum atomic E-state index is 2.59. The highest BCUT2D eigenvalue weighted by molar-refractivity contribution is 5.40. The van der Waals surface area contributed by atoms with E-state index in [4.69, 9.17) is 0 Å². The zero-order chi connectivity index (χ0) is 15.9. The van der Waals surface area contributed by atoms with E-state index in [1.165, 1.54) is 5.56 Å². The van der Waals surface area contributed by atoms with Crippen LogP contribution in [-0.2, 0) is 5.41 Å². The van der Waals surface area contributed by atoms with Gasteiger partial charge in [0.1, 0.15) is 0 Å². The van der Waals surface area contributed by atoms with Crippen LogP contribution in [0.1, 0.15) is 54.0 Å². The third-order valence-corrected chi connectivity index (χ3v) is 4.78. The first-order valence-electron chi connectivity index (χ1n) is 8.07. The summed E-state index contributed by atoms with van der Waals surface area (Å²) in [5.41, 5.74) is 3.50. The van der Waals surface area contributed by atoms with Crippen LogP contribution in [0.2, 0.25) is 0 Å². The van der Waals surface area contributed by atoms with Gasteiger partial charge in [-0.3, -0.25) is 4.90 Å². The van der Waals surface area contributed by atoms with Crippen molar-refractivity contribution >= 4 is 0 Å². The Hall–Kier alpha value is -1.08. The summed E-state index contributed by atoms with van der Waals surface area (Å²) in [6.07, 6.45) is 2.47. The van der Waals surface area contributed by atoms with Gasteiger partial charge in [-0.25, -0.2) is 0 Å². The van der Waals surface area contributed by atoms with Gasteiger partial charge in [0.05, 0.1) is 0 Å². The van der Waals surface area contributed by atoms with Crippen molar-refractivity contribution < 1.29 is 0 Å². The van der Waals surface area contributed by atoms with Gasteiger partial charge in [0.25, 0.3) is 0 Å². The monoisotopic (exact) mass is 285 g/mol. The number of hydrogen-bond acceptors (Lipinski definition) is 1. The Balaban J connectivity index is 2.52. The van der Waals surface area contributed by atoms with E-state index in [1.54, 1.807) is 5.57 Å². The summed E-state index contributed by atoms with van der Waals surface area (Å²) in [6, 6.07) is 11.0. The molecule has 1 aliphatic rings. The predicted molar refractivity (Wildman–Crippen MR) is 92.7 cm³/mol. The minimum atomic E-state index is 0.0883. The third-order valence-electron chi connectivity index (χ3n) is 4.78. The highest BCUT2D eigenvalue weighted by Gasteiger charge is 2.42. The molecule has 1 heterocycles. The van der Waals surface area contributed by atoms with Crippen LogP contribution in [0, 0.1) is 5.41 Å². The molecule has 1 aromatic rings. The molecule has 1 heteroatoms. The van der Waals surface area contributed by atoms with Crippen LogP contribution in [0.3, 0.4) is 0 Å². The fraction of sp³-hybridized carbons (Fsp3) is 0.600. The molecule has 0 bridgehead atoms. The molecule has 116 valence electrons. The zero-order valence-corrected chi connectivity index (χ0v) is 14.8. The van der Waals surface area contributed by atoms with Crippen LogP contribution in [-0.4, -0.2) is 23.5 Å². The number of benzene rings is 1. The summed E-state index contributed by atoms with van der Waals surface area (Å²) in [6.45, 7) is 18.5. The highest BCUT2D eigenvalue weighted by Crippen LogP contribution is 2.45. The molecule has 0 spiro atoms. The molecule has 1 aromatic carbocycles. The molecule has 0 radical (unpaired) electrons. The molecular formula is C20H31N. The first-order valence-corrected chi connectivity index (χ1v) is 8.07. The summed E-state index contributed by atoms with van der Waals surface area (Å²) >= 11 is 0. The molecule has 1 nitrogen and oxygen atoms in total. The molecule has 0 amide bonds. The van der Waals surface area contributed by atoms with E-state index in [2.05, 4.69) is 89.8 Å². The average molecular weight is 285 g/mol. The second kappa shape index (κ2) is 5.28. The van der Waals surface area contributed by atoms with Crippen LogP contribution in [0.15, 0.2) is 42.0 Å². The van der Waals surface area contributed by atoms with Crippen molar-refractivity contribution in [2.75, 3.05) is 13.1 Å². The van der Waals surface area contributed by atoms with Crippen LogP contribution < -0.4 is 0 Å². The van der Waals surface area contributed by atoms with Gasteiger partial charge < -0.3 is 0 Å². The SMILES string of the molecule is CC(C)(C)C1=CCN(C(C)(C)C)CC1(C)c1ccccc1. The van der Waals surface area contributed by atoms with Gasteiger partial charge in [-0.2, -0.15) is 0 Å². The van der Waals surface area contributed by atoms with Gasteiger partial charge in [0.2, 0.25) is 0 Å². The molecule has 0 fully saturated rings. The fourth-order valence-corrected chi connectivity index (χ4v) is 3.66. The molecule has 0 aliphatic carbocycles. The van der Waals surface area contributed by atoms with Crippen molar-refractivity contribution in [1.82, 2.24) is 4.90 Å². The summed E-state index contributed by atoms with van der Waals surface area (Å²) in [7, 11) is 0. The Labute approximate surface area is 131 Å². The molecule has 0 saturated heterocycles. The van der Waals surface area contributed by atoms with Crippen molar-refractivity contribution in [1.29, 1.82) is 0 Å². The van der Waals surface area contributed by atoms with Crippen molar-refractivity contribution in [3.8, 4) is 0 Å². The van der Waals surface area contributed by atoms with E-state index in [9.17, 15) is 0 Å². The quantitative estimate of drug-likeness (QED) is 0.654.